The summed E-state index contributed by atoms with van der Waals surface area (Å²) in [4.78, 5) is 0. The maximum Gasteiger partial charge on any atom is 0.221 e. The van der Waals surface area contributed by atoms with Crippen LogP contribution < -0.4 is 0 Å². The normalized spacial score (nSPS) is 15.0. The number of aromatic nitrogens is 1. The van der Waals surface area contributed by atoms with E-state index in [1.165, 1.54) is 5.56 Å². The second-order valence-corrected chi connectivity index (χ2v) is 8.07. The predicted molar refractivity (Wildman–Crippen MR) is 110 cm³/mol. The van der Waals surface area contributed by atoms with Crippen molar-refractivity contribution in [1.82, 2.24) is 4.57 Å². The molecule has 1 fully saturated rings. The lowest BCUT2D eigenvalue weighted by Crippen LogP contribution is -2.22. The molecule has 0 spiro atoms. The highest BCUT2D eigenvalue weighted by atomic mass is 35.5. The molecule has 0 bridgehead atoms. The number of hydrogen-bond donors (Lipinski definition) is 1. The first-order chi connectivity index (χ1) is 12.6. The fraction of sp³-hybridized carbons (Fsp3) is 0.263. The average molecular weight is 406 g/mol. The van der Waals surface area contributed by atoms with Gasteiger partial charge in [-0.1, -0.05) is 42.3 Å². The molecule has 3 aromatic rings. The Morgan fingerprint density at radius 1 is 1.19 bits per heavy atom. The molecule has 1 aliphatic heterocycles. The average Bonchev–Trinajstić information content (AvgIpc) is 2.86. The molecule has 0 saturated carbocycles. The van der Waals surface area contributed by atoms with Crippen molar-refractivity contribution in [2.24, 2.45) is 10.2 Å². The second kappa shape index (κ2) is 7.14. The molecule has 26 heavy (non-hydrogen) atoms. The number of rotatable bonds is 4. The van der Waals surface area contributed by atoms with Crippen LogP contribution in [0.3, 0.4) is 0 Å². The van der Waals surface area contributed by atoms with E-state index in [1.54, 1.807) is 18.2 Å². The number of nitrogens with zero attached hydrogens (tertiary/aromatic N) is 3. The van der Waals surface area contributed by atoms with Gasteiger partial charge < -0.3 is 9.67 Å². The first-order valence-corrected chi connectivity index (χ1v) is 10.3. The quantitative estimate of drug-likeness (QED) is 0.478. The molecule has 2 heterocycles. The third kappa shape index (κ3) is 2.98. The number of thioether (sulfide) groups is 1. The number of benzene rings is 2. The highest BCUT2D eigenvalue weighted by Gasteiger charge is 2.27. The highest BCUT2D eigenvalue weighted by Crippen LogP contribution is 2.45. The summed E-state index contributed by atoms with van der Waals surface area (Å²) in [5.74, 6) is 2.13. The lowest BCUT2D eigenvalue weighted by Gasteiger charge is -2.27. The Kier molecular flexibility index (Phi) is 4.86. The van der Waals surface area contributed by atoms with Gasteiger partial charge >= 0.3 is 0 Å². The van der Waals surface area contributed by atoms with Gasteiger partial charge in [-0.3, -0.25) is 0 Å². The van der Waals surface area contributed by atoms with E-state index in [1.807, 2.05) is 16.3 Å². The zero-order valence-electron chi connectivity index (χ0n) is 14.1. The minimum absolute atomic E-state index is 0.153. The molecule has 7 heteroatoms. The number of fused-ring (bicyclic) bond motifs is 1. The van der Waals surface area contributed by atoms with Crippen LogP contribution in [0, 0.1) is 0 Å². The van der Waals surface area contributed by atoms with Crippen molar-refractivity contribution in [2.45, 2.75) is 19.4 Å². The summed E-state index contributed by atoms with van der Waals surface area (Å²) in [5.41, 5.74) is 3.12. The summed E-state index contributed by atoms with van der Waals surface area (Å²) < 4.78 is 1.97. The number of aromatic hydroxyl groups is 1. The summed E-state index contributed by atoms with van der Waals surface area (Å²) >= 11 is 14.1. The molecule has 134 valence electrons. The molecular formula is C19H17Cl2N3OS. The van der Waals surface area contributed by atoms with E-state index in [0.717, 1.165) is 28.8 Å². The van der Waals surface area contributed by atoms with Gasteiger partial charge in [-0.2, -0.15) is 11.8 Å². The summed E-state index contributed by atoms with van der Waals surface area (Å²) in [6.45, 7) is 2.10. The smallest absolute Gasteiger partial charge is 0.221 e. The lowest BCUT2D eigenvalue weighted by molar-refractivity contribution is 0.406. The minimum atomic E-state index is 0.153. The van der Waals surface area contributed by atoms with E-state index in [4.69, 9.17) is 23.2 Å². The van der Waals surface area contributed by atoms with Gasteiger partial charge in [0, 0.05) is 16.9 Å². The fourth-order valence-corrected chi connectivity index (χ4v) is 4.14. The van der Waals surface area contributed by atoms with Gasteiger partial charge in [-0.05, 0) is 36.2 Å². The maximum absolute atomic E-state index is 10.9. The Labute approximate surface area is 165 Å². The Morgan fingerprint density at radius 2 is 2.00 bits per heavy atom. The largest absolute Gasteiger partial charge is 0.493 e. The van der Waals surface area contributed by atoms with Crippen LogP contribution in [0.2, 0.25) is 10.0 Å². The molecule has 0 aliphatic carbocycles. The third-order valence-corrected chi connectivity index (χ3v) is 6.65. The lowest BCUT2D eigenvalue weighted by atomic mass is 10.1. The topological polar surface area (TPSA) is 49.9 Å². The van der Waals surface area contributed by atoms with Crippen LogP contribution in [-0.4, -0.2) is 21.2 Å². The first-order valence-electron chi connectivity index (χ1n) is 8.39. The van der Waals surface area contributed by atoms with Gasteiger partial charge in [-0.25, -0.2) is 0 Å². The monoisotopic (exact) mass is 405 g/mol. The number of azo groups is 1. The fourth-order valence-electron chi connectivity index (χ4n) is 3.07. The molecule has 4 nitrogen and oxygen atoms in total. The van der Waals surface area contributed by atoms with Crippen LogP contribution in [-0.2, 0) is 6.42 Å². The minimum Gasteiger partial charge on any atom is -0.493 e. The maximum atomic E-state index is 10.9. The molecule has 1 saturated heterocycles. The number of hydrogen-bond acceptors (Lipinski definition) is 4. The predicted octanol–water partition coefficient (Wildman–Crippen LogP) is 6.92. The number of aryl methyl sites for hydroxylation is 1. The van der Waals surface area contributed by atoms with E-state index >= 15 is 0 Å². The van der Waals surface area contributed by atoms with Crippen molar-refractivity contribution in [3.63, 3.8) is 0 Å². The Bertz CT molecular complexity index is 1010. The van der Waals surface area contributed by atoms with Crippen molar-refractivity contribution in [3.8, 4) is 5.88 Å². The van der Waals surface area contributed by atoms with E-state index in [2.05, 4.69) is 35.4 Å². The molecule has 0 amide bonds. The van der Waals surface area contributed by atoms with Gasteiger partial charge in [0.05, 0.1) is 21.6 Å². The van der Waals surface area contributed by atoms with Crippen LogP contribution in [0.15, 0.2) is 46.6 Å². The van der Waals surface area contributed by atoms with Crippen molar-refractivity contribution in [3.05, 3.63) is 52.0 Å². The molecular weight excluding hydrogens is 389 g/mol. The van der Waals surface area contributed by atoms with Crippen molar-refractivity contribution < 1.29 is 5.11 Å². The summed E-state index contributed by atoms with van der Waals surface area (Å²) in [6, 6.07) is 11.7. The van der Waals surface area contributed by atoms with Gasteiger partial charge in [0.25, 0.3) is 0 Å². The van der Waals surface area contributed by atoms with Crippen LogP contribution in [0.4, 0.5) is 11.4 Å². The molecule has 2 aromatic carbocycles. The Balaban J connectivity index is 1.86. The van der Waals surface area contributed by atoms with Crippen molar-refractivity contribution in [2.75, 3.05) is 11.5 Å². The SMILES string of the molecule is CCc1ccc2c(c1)c(N=Nc1cccc(Cl)c1Cl)c(O)n2C1CSC1. The van der Waals surface area contributed by atoms with Gasteiger partial charge in [0.15, 0.2) is 5.69 Å². The molecule has 0 radical (unpaired) electrons. The van der Waals surface area contributed by atoms with Crippen LogP contribution in [0.25, 0.3) is 10.9 Å². The van der Waals surface area contributed by atoms with Crippen LogP contribution in [0.1, 0.15) is 18.5 Å². The van der Waals surface area contributed by atoms with Gasteiger partial charge in [0.2, 0.25) is 5.88 Å². The summed E-state index contributed by atoms with van der Waals surface area (Å²) in [5, 5.41) is 21.1. The van der Waals surface area contributed by atoms with E-state index in [9.17, 15) is 5.11 Å². The van der Waals surface area contributed by atoms with Crippen molar-refractivity contribution in [1.29, 1.82) is 0 Å². The van der Waals surface area contributed by atoms with Crippen LogP contribution in [0.5, 0.6) is 5.88 Å². The third-order valence-electron chi connectivity index (χ3n) is 4.60. The Hall–Kier alpha value is -1.69. The molecule has 0 atom stereocenters. The van der Waals surface area contributed by atoms with Crippen LogP contribution >= 0.6 is 35.0 Å². The molecule has 1 aliphatic rings. The standard InChI is InChI=1S/C19H17Cl2N3OS/c1-2-11-6-7-16-13(8-11)18(19(25)24(16)12-9-26-10-12)23-22-15-5-3-4-14(20)17(15)21/h3-8,12,25H,2,9-10H2,1H3. The van der Waals surface area contributed by atoms with E-state index in [-0.39, 0.29) is 11.9 Å². The van der Waals surface area contributed by atoms with E-state index in [0.29, 0.717) is 21.4 Å². The molecule has 1 N–H and O–H groups in total. The molecule has 4 rings (SSSR count). The molecule has 1 aromatic heterocycles. The number of halogens is 2. The summed E-state index contributed by atoms with van der Waals surface area (Å²) in [7, 11) is 0. The molecule has 0 unspecified atom stereocenters. The second-order valence-electron chi connectivity index (χ2n) is 6.21. The van der Waals surface area contributed by atoms with Gasteiger partial charge in [-0.15, -0.1) is 10.2 Å². The zero-order chi connectivity index (χ0) is 18.3. The summed E-state index contributed by atoms with van der Waals surface area (Å²) in [6.07, 6.45) is 0.915. The Morgan fingerprint density at radius 3 is 2.69 bits per heavy atom. The van der Waals surface area contributed by atoms with Gasteiger partial charge in [0.1, 0.15) is 5.69 Å². The van der Waals surface area contributed by atoms with E-state index < -0.39 is 0 Å². The first kappa shape index (κ1) is 17.7. The van der Waals surface area contributed by atoms with Crippen molar-refractivity contribution >= 4 is 57.2 Å². The zero-order valence-corrected chi connectivity index (χ0v) is 16.4. The highest BCUT2D eigenvalue weighted by molar-refractivity contribution is 8.00.